The second-order valence-corrected chi connectivity index (χ2v) is 4.93. The number of pyridine rings is 1. The molecule has 136 valence electrons. The number of rotatable bonds is 8. The van der Waals surface area contributed by atoms with Crippen molar-refractivity contribution in [3.63, 3.8) is 0 Å². The monoisotopic (exact) mass is 358 g/mol. The summed E-state index contributed by atoms with van der Waals surface area (Å²) in [6, 6.07) is 5.94. The molecule has 0 unspecified atom stereocenters. The molecule has 2 rings (SSSR count). The maximum absolute atomic E-state index is 11.9. The van der Waals surface area contributed by atoms with Gasteiger partial charge < -0.3 is 9.47 Å². The zero-order valence-electron chi connectivity index (χ0n) is 14.3. The van der Waals surface area contributed by atoms with E-state index < -0.39 is 10.8 Å². The van der Waals surface area contributed by atoms with Crippen LogP contribution in [-0.4, -0.2) is 35.2 Å². The van der Waals surface area contributed by atoms with E-state index in [1.54, 1.807) is 32.0 Å². The molecule has 1 heterocycles. The van der Waals surface area contributed by atoms with Gasteiger partial charge in [0.25, 0.3) is 5.91 Å². The van der Waals surface area contributed by atoms with E-state index in [2.05, 4.69) is 15.5 Å². The van der Waals surface area contributed by atoms with Crippen LogP contribution in [-0.2, 0) is 0 Å². The van der Waals surface area contributed by atoms with E-state index in [1.165, 1.54) is 24.7 Å². The van der Waals surface area contributed by atoms with E-state index in [0.717, 1.165) is 0 Å². The number of hydrazone groups is 1. The van der Waals surface area contributed by atoms with Crippen molar-refractivity contribution in [1.82, 2.24) is 10.4 Å². The zero-order chi connectivity index (χ0) is 18.9. The number of nitrogens with one attached hydrogen (secondary N) is 1. The van der Waals surface area contributed by atoms with Crippen molar-refractivity contribution < 1.29 is 19.2 Å². The van der Waals surface area contributed by atoms with Crippen LogP contribution in [0.3, 0.4) is 0 Å². The van der Waals surface area contributed by atoms with Crippen LogP contribution in [0.4, 0.5) is 5.69 Å². The van der Waals surface area contributed by atoms with Crippen molar-refractivity contribution in [3.8, 4) is 11.5 Å². The Morgan fingerprint density at radius 2 is 1.96 bits per heavy atom. The van der Waals surface area contributed by atoms with E-state index in [9.17, 15) is 14.9 Å². The molecule has 0 bridgehead atoms. The second-order valence-electron chi connectivity index (χ2n) is 4.93. The fourth-order valence-corrected chi connectivity index (χ4v) is 2.10. The maximum atomic E-state index is 11.9. The predicted octanol–water partition coefficient (Wildman–Crippen LogP) is 2.55. The number of hydrogen-bond acceptors (Lipinski definition) is 7. The highest BCUT2D eigenvalue weighted by Crippen LogP contribution is 2.38. The molecule has 26 heavy (non-hydrogen) atoms. The third-order valence-electron chi connectivity index (χ3n) is 3.17. The highest BCUT2D eigenvalue weighted by Gasteiger charge is 2.22. The molecule has 1 aromatic carbocycles. The van der Waals surface area contributed by atoms with Gasteiger partial charge in [-0.3, -0.25) is 19.9 Å². The Balaban J connectivity index is 2.25. The van der Waals surface area contributed by atoms with Crippen LogP contribution in [0.15, 0.2) is 41.8 Å². The van der Waals surface area contributed by atoms with Crippen LogP contribution in [0, 0.1) is 10.1 Å². The molecule has 1 N–H and O–H groups in total. The Morgan fingerprint density at radius 1 is 1.27 bits per heavy atom. The first kappa shape index (κ1) is 18.8. The lowest BCUT2D eigenvalue weighted by Crippen LogP contribution is -2.17. The summed E-state index contributed by atoms with van der Waals surface area (Å²) in [5.74, 6) is -0.114. The molecule has 0 aliphatic carbocycles. The maximum Gasteiger partial charge on any atom is 0.315 e. The molecule has 1 aromatic heterocycles. The van der Waals surface area contributed by atoms with E-state index in [1.807, 2.05) is 0 Å². The number of hydrogen-bond donors (Lipinski definition) is 1. The van der Waals surface area contributed by atoms with Crippen molar-refractivity contribution in [2.75, 3.05) is 13.2 Å². The smallest absolute Gasteiger partial charge is 0.315 e. The predicted molar refractivity (Wildman–Crippen MR) is 94.7 cm³/mol. The van der Waals surface area contributed by atoms with Gasteiger partial charge in [0.2, 0.25) is 5.75 Å². The Bertz CT molecular complexity index is 808. The third kappa shape index (κ3) is 4.76. The summed E-state index contributed by atoms with van der Waals surface area (Å²) in [4.78, 5) is 26.5. The van der Waals surface area contributed by atoms with Crippen LogP contribution in [0.1, 0.15) is 29.8 Å². The van der Waals surface area contributed by atoms with Gasteiger partial charge >= 0.3 is 5.69 Å². The first-order valence-electron chi connectivity index (χ1n) is 7.88. The molecule has 1 amide bonds. The largest absolute Gasteiger partial charge is 0.490 e. The summed E-state index contributed by atoms with van der Waals surface area (Å²) in [5.41, 5.74) is 2.89. The number of nitrogens with zero attached hydrogens (tertiary/aromatic N) is 3. The lowest BCUT2D eigenvalue weighted by Gasteiger charge is -2.11. The number of amides is 1. The number of nitro benzene ring substituents is 1. The summed E-state index contributed by atoms with van der Waals surface area (Å²) >= 11 is 0. The van der Waals surface area contributed by atoms with Gasteiger partial charge in [-0.2, -0.15) is 5.10 Å². The first-order valence-corrected chi connectivity index (χ1v) is 7.88. The highest BCUT2D eigenvalue weighted by atomic mass is 16.6. The molecule has 0 spiro atoms. The van der Waals surface area contributed by atoms with E-state index >= 15 is 0 Å². The van der Waals surface area contributed by atoms with Gasteiger partial charge in [0, 0.05) is 29.6 Å². The van der Waals surface area contributed by atoms with Crippen molar-refractivity contribution in [1.29, 1.82) is 0 Å². The zero-order valence-corrected chi connectivity index (χ0v) is 14.3. The minimum absolute atomic E-state index is 0.0670. The summed E-state index contributed by atoms with van der Waals surface area (Å²) in [6.45, 7) is 4.06. The van der Waals surface area contributed by atoms with Crippen LogP contribution in [0.25, 0.3) is 0 Å². The molecule has 0 saturated carbocycles. The molecule has 0 radical (unpaired) electrons. The molecule has 0 aliphatic heterocycles. The summed E-state index contributed by atoms with van der Waals surface area (Å²) in [6.07, 6.45) is 4.27. The molecule has 9 heteroatoms. The molecule has 2 aromatic rings. The molecule has 0 atom stereocenters. The van der Waals surface area contributed by atoms with E-state index in [0.29, 0.717) is 17.7 Å². The average Bonchev–Trinajstić information content (AvgIpc) is 2.64. The molecule has 0 fully saturated rings. The minimum atomic E-state index is -0.555. The average molecular weight is 358 g/mol. The van der Waals surface area contributed by atoms with Crippen molar-refractivity contribution >= 4 is 17.8 Å². The first-order chi connectivity index (χ1) is 12.6. The van der Waals surface area contributed by atoms with Crippen molar-refractivity contribution in [2.45, 2.75) is 13.8 Å². The molecule has 0 aliphatic rings. The van der Waals surface area contributed by atoms with Crippen LogP contribution >= 0.6 is 0 Å². The number of aromatic nitrogens is 1. The molecular formula is C17H18N4O5. The van der Waals surface area contributed by atoms with Gasteiger partial charge in [-0.1, -0.05) is 0 Å². The van der Waals surface area contributed by atoms with Gasteiger partial charge in [-0.15, -0.1) is 0 Å². The Hall–Kier alpha value is -3.49. The van der Waals surface area contributed by atoms with Gasteiger partial charge in [-0.25, -0.2) is 5.43 Å². The van der Waals surface area contributed by atoms with Crippen molar-refractivity contribution in [2.24, 2.45) is 5.10 Å². The summed E-state index contributed by atoms with van der Waals surface area (Å²) in [5, 5.41) is 15.2. The Morgan fingerprint density at radius 3 is 2.58 bits per heavy atom. The Labute approximate surface area is 149 Å². The fourth-order valence-electron chi connectivity index (χ4n) is 2.10. The van der Waals surface area contributed by atoms with E-state index in [4.69, 9.17) is 9.47 Å². The van der Waals surface area contributed by atoms with Gasteiger partial charge in [0.1, 0.15) is 0 Å². The second kappa shape index (κ2) is 9.11. The molecular weight excluding hydrogens is 340 g/mol. The lowest BCUT2D eigenvalue weighted by atomic mass is 10.2. The fraction of sp³-hybridized carbons (Fsp3) is 0.235. The minimum Gasteiger partial charge on any atom is -0.490 e. The SMILES string of the molecule is CCOc1cc(/C=N\NC(=O)c2ccncc2)cc([N+](=O)[O-])c1OCC. The normalized spacial score (nSPS) is 10.5. The van der Waals surface area contributed by atoms with Gasteiger partial charge in [0.05, 0.1) is 24.4 Å². The lowest BCUT2D eigenvalue weighted by molar-refractivity contribution is -0.385. The van der Waals surface area contributed by atoms with Gasteiger partial charge in [-0.05, 0) is 32.0 Å². The van der Waals surface area contributed by atoms with Crippen LogP contribution in [0.2, 0.25) is 0 Å². The number of carbonyl (C=O) groups is 1. The number of nitro groups is 1. The molecule has 0 saturated heterocycles. The highest BCUT2D eigenvalue weighted by molar-refractivity contribution is 5.94. The third-order valence-corrected chi connectivity index (χ3v) is 3.17. The topological polar surface area (TPSA) is 116 Å². The number of ether oxygens (including phenoxy) is 2. The molecule has 9 nitrogen and oxygen atoms in total. The van der Waals surface area contributed by atoms with E-state index in [-0.39, 0.29) is 23.8 Å². The van der Waals surface area contributed by atoms with Crippen LogP contribution < -0.4 is 14.9 Å². The number of carbonyl (C=O) groups excluding carboxylic acids is 1. The standard InChI is InChI=1S/C17H18N4O5/c1-3-25-15-10-12(9-14(21(23)24)16(15)26-4-2)11-19-20-17(22)13-5-7-18-8-6-13/h5-11H,3-4H2,1-2H3,(H,20,22)/b19-11-. The Kier molecular flexibility index (Phi) is 6.60. The van der Waals surface area contributed by atoms with Crippen molar-refractivity contribution in [3.05, 3.63) is 57.9 Å². The summed E-state index contributed by atoms with van der Waals surface area (Å²) in [7, 11) is 0. The number of benzene rings is 1. The summed E-state index contributed by atoms with van der Waals surface area (Å²) < 4.78 is 10.8. The van der Waals surface area contributed by atoms with Crippen LogP contribution in [0.5, 0.6) is 11.5 Å². The van der Waals surface area contributed by atoms with Gasteiger partial charge in [0.15, 0.2) is 5.75 Å². The quantitative estimate of drug-likeness (QED) is 0.440.